The summed E-state index contributed by atoms with van der Waals surface area (Å²) in [4.78, 5) is 31.0. The summed E-state index contributed by atoms with van der Waals surface area (Å²) in [6, 6.07) is 9.20. The number of aliphatic hydroxyl groups is 1. The molecule has 0 radical (unpaired) electrons. The number of phenols is 1. The number of carbonyl (C=O) groups is 2. The lowest BCUT2D eigenvalue weighted by Crippen LogP contribution is -2.30. The monoisotopic (exact) mass is 366 g/mol. The number of Topliss-reactive ketones (excluding diaryl/α,β-unsaturated/α-hetero) is 1. The Hall–Kier alpha value is -3.15. The summed E-state index contributed by atoms with van der Waals surface area (Å²) in [6.45, 7) is 4.06. The molecule has 0 fully saturated rings. The van der Waals surface area contributed by atoms with E-state index < -0.39 is 17.7 Å². The Balaban J connectivity index is 2.03. The maximum absolute atomic E-state index is 12.8. The predicted octanol–water partition coefficient (Wildman–Crippen LogP) is 3.30. The van der Waals surface area contributed by atoms with Crippen LogP contribution in [0.25, 0.3) is 0 Å². The molecule has 2 N–H and O–H groups in total. The minimum Gasteiger partial charge on any atom is -0.508 e. The number of amides is 1. The van der Waals surface area contributed by atoms with Crippen molar-refractivity contribution in [1.29, 1.82) is 0 Å². The van der Waals surface area contributed by atoms with Gasteiger partial charge >= 0.3 is 0 Å². The van der Waals surface area contributed by atoms with Crippen LogP contribution >= 0.6 is 0 Å². The van der Waals surface area contributed by atoms with Gasteiger partial charge in [0.15, 0.2) is 11.5 Å². The lowest BCUT2D eigenvalue weighted by Gasteiger charge is -2.27. The highest BCUT2D eigenvalue weighted by Crippen LogP contribution is 2.39. The molecule has 0 spiro atoms. The van der Waals surface area contributed by atoms with E-state index in [1.54, 1.807) is 36.7 Å². The molecule has 6 nitrogen and oxygen atoms in total. The molecule has 1 aromatic heterocycles. The first-order valence-corrected chi connectivity index (χ1v) is 8.83. The van der Waals surface area contributed by atoms with E-state index in [2.05, 4.69) is 4.98 Å². The number of hydrogen-bond donors (Lipinski definition) is 2. The molecule has 1 unspecified atom stereocenters. The van der Waals surface area contributed by atoms with E-state index >= 15 is 0 Å². The first kappa shape index (κ1) is 18.6. The molecule has 1 aromatic carbocycles. The number of carbonyl (C=O) groups excluding carboxylic acids is 2. The summed E-state index contributed by atoms with van der Waals surface area (Å²) in [7, 11) is 0. The summed E-state index contributed by atoms with van der Waals surface area (Å²) in [6.07, 6.45) is 3.50. The van der Waals surface area contributed by atoms with E-state index in [1.165, 1.54) is 17.0 Å². The van der Waals surface area contributed by atoms with Gasteiger partial charge in [0.25, 0.3) is 5.91 Å². The van der Waals surface area contributed by atoms with Crippen LogP contribution in [0.4, 0.5) is 0 Å². The molecule has 2 heterocycles. The molecule has 1 aliphatic heterocycles. The first-order chi connectivity index (χ1) is 12.9. The number of benzene rings is 1. The molecular weight excluding hydrogens is 344 g/mol. The number of aliphatic hydroxyl groups excluding tert-OH is 1. The summed E-state index contributed by atoms with van der Waals surface area (Å²) in [5, 5.41) is 20.1. The van der Waals surface area contributed by atoms with Gasteiger partial charge in [0, 0.05) is 25.4 Å². The zero-order chi connectivity index (χ0) is 19.6. The average Bonchev–Trinajstić information content (AvgIpc) is 2.88. The molecule has 1 amide bonds. The Morgan fingerprint density at radius 1 is 1.11 bits per heavy atom. The van der Waals surface area contributed by atoms with E-state index in [4.69, 9.17) is 0 Å². The number of aromatic nitrogens is 1. The van der Waals surface area contributed by atoms with Gasteiger partial charge in [0.05, 0.1) is 11.6 Å². The van der Waals surface area contributed by atoms with Crippen LogP contribution in [0.3, 0.4) is 0 Å². The molecule has 27 heavy (non-hydrogen) atoms. The third-order valence-electron chi connectivity index (χ3n) is 4.51. The molecule has 0 saturated heterocycles. The van der Waals surface area contributed by atoms with Crippen molar-refractivity contribution in [3.05, 3.63) is 71.3 Å². The number of pyridine rings is 1. The molecule has 3 rings (SSSR count). The summed E-state index contributed by atoms with van der Waals surface area (Å²) in [5.41, 5.74) is 1.62. The topological polar surface area (TPSA) is 90.7 Å². The second kappa shape index (κ2) is 7.61. The van der Waals surface area contributed by atoms with E-state index in [-0.39, 0.29) is 36.0 Å². The lowest BCUT2D eigenvalue weighted by atomic mass is 9.92. The van der Waals surface area contributed by atoms with Gasteiger partial charge in [0.1, 0.15) is 5.75 Å². The molecule has 140 valence electrons. The number of ketones is 1. The van der Waals surface area contributed by atoms with E-state index in [0.29, 0.717) is 5.56 Å². The highest BCUT2D eigenvalue weighted by atomic mass is 16.3. The van der Waals surface area contributed by atoms with E-state index in [1.807, 2.05) is 13.8 Å². The normalized spacial score (nSPS) is 17.1. The van der Waals surface area contributed by atoms with Gasteiger partial charge in [-0.05, 0) is 41.3 Å². The van der Waals surface area contributed by atoms with Crippen LogP contribution in [0.15, 0.2) is 60.1 Å². The van der Waals surface area contributed by atoms with Crippen LogP contribution in [0.2, 0.25) is 0 Å². The standard InChI is InChI=1S/C21H22N2O4/c1-13(2)11-17(25)18-19(15-3-5-16(24)6-4-15)23(21(27)20(18)26)12-14-7-9-22-10-8-14/h3-10,13,19,24,26H,11-12H2,1-2H3. The minimum atomic E-state index is -0.697. The van der Waals surface area contributed by atoms with Gasteiger partial charge in [-0.25, -0.2) is 0 Å². The average molecular weight is 366 g/mol. The Labute approximate surface area is 157 Å². The second-order valence-electron chi connectivity index (χ2n) is 7.07. The highest BCUT2D eigenvalue weighted by molar-refractivity contribution is 6.09. The molecule has 2 aromatic rings. The Bertz CT molecular complexity index is 873. The van der Waals surface area contributed by atoms with Crippen LogP contribution in [-0.4, -0.2) is 31.8 Å². The fraction of sp³-hybridized carbons (Fsp3) is 0.286. The van der Waals surface area contributed by atoms with Gasteiger partial charge in [0.2, 0.25) is 0 Å². The van der Waals surface area contributed by atoms with Crippen LogP contribution < -0.4 is 0 Å². The van der Waals surface area contributed by atoms with Crippen molar-refractivity contribution >= 4 is 11.7 Å². The molecule has 0 bridgehead atoms. The molecule has 0 saturated carbocycles. The van der Waals surface area contributed by atoms with Crippen LogP contribution in [0.1, 0.15) is 37.4 Å². The fourth-order valence-corrected chi connectivity index (χ4v) is 3.27. The number of phenolic OH excluding ortho intramolecular Hbond substituents is 1. The zero-order valence-corrected chi connectivity index (χ0v) is 15.3. The molecule has 1 atom stereocenters. The Morgan fingerprint density at radius 2 is 1.74 bits per heavy atom. The summed E-state index contributed by atoms with van der Waals surface area (Å²) < 4.78 is 0. The smallest absolute Gasteiger partial charge is 0.290 e. The maximum atomic E-state index is 12.8. The van der Waals surface area contributed by atoms with Crippen molar-refractivity contribution in [2.45, 2.75) is 32.9 Å². The lowest BCUT2D eigenvalue weighted by molar-refractivity contribution is -0.130. The van der Waals surface area contributed by atoms with Gasteiger partial charge < -0.3 is 15.1 Å². The van der Waals surface area contributed by atoms with E-state index in [9.17, 15) is 19.8 Å². The maximum Gasteiger partial charge on any atom is 0.290 e. The summed E-state index contributed by atoms with van der Waals surface area (Å²) in [5.74, 6) is -1.12. The number of hydrogen-bond acceptors (Lipinski definition) is 5. The van der Waals surface area contributed by atoms with Gasteiger partial charge in [-0.2, -0.15) is 0 Å². The molecule has 1 aliphatic rings. The van der Waals surface area contributed by atoms with Crippen molar-refractivity contribution in [3.63, 3.8) is 0 Å². The third kappa shape index (κ3) is 3.84. The second-order valence-corrected chi connectivity index (χ2v) is 7.07. The quantitative estimate of drug-likeness (QED) is 0.819. The van der Waals surface area contributed by atoms with Crippen LogP contribution in [0.5, 0.6) is 5.75 Å². The largest absolute Gasteiger partial charge is 0.508 e. The number of aromatic hydroxyl groups is 1. The predicted molar refractivity (Wildman–Crippen MR) is 99.8 cm³/mol. The van der Waals surface area contributed by atoms with E-state index in [0.717, 1.165) is 5.56 Å². The summed E-state index contributed by atoms with van der Waals surface area (Å²) >= 11 is 0. The SMILES string of the molecule is CC(C)CC(=O)C1=C(O)C(=O)N(Cc2ccncc2)C1c1ccc(O)cc1. The van der Waals surface area contributed by atoms with Crippen LogP contribution in [0, 0.1) is 5.92 Å². The Morgan fingerprint density at radius 3 is 2.33 bits per heavy atom. The van der Waals surface area contributed by atoms with Crippen molar-refractivity contribution < 1.29 is 19.8 Å². The minimum absolute atomic E-state index is 0.0898. The molecular formula is C21H22N2O4. The van der Waals surface area contributed by atoms with Crippen molar-refractivity contribution in [3.8, 4) is 5.75 Å². The molecule has 0 aliphatic carbocycles. The highest BCUT2D eigenvalue weighted by Gasteiger charge is 2.43. The van der Waals surface area contributed by atoms with Gasteiger partial charge in [-0.1, -0.05) is 26.0 Å². The zero-order valence-electron chi connectivity index (χ0n) is 15.3. The number of rotatable bonds is 6. The van der Waals surface area contributed by atoms with Crippen molar-refractivity contribution in [1.82, 2.24) is 9.88 Å². The molecule has 6 heteroatoms. The van der Waals surface area contributed by atoms with Crippen molar-refractivity contribution in [2.24, 2.45) is 5.92 Å². The van der Waals surface area contributed by atoms with Crippen molar-refractivity contribution in [2.75, 3.05) is 0 Å². The van der Waals surface area contributed by atoms with Crippen LogP contribution in [-0.2, 0) is 16.1 Å². The Kier molecular flexibility index (Phi) is 5.26. The third-order valence-corrected chi connectivity index (χ3v) is 4.51. The first-order valence-electron chi connectivity index (χ1n) is 8.83. The number of nitrogens with zero attached hydrogens (tertiary/aromatic N) is 2. The fourth-order valence-electron chi connectivity index (χ4n) is 3.27. The van der Waals surface area contributed by atoms with Gasteiger partial charge in [-0.15, -0.1) is 0 Å². The van der Waals surface area contributed by atoms with Gasteiger partial charge in [-0.3, -0.25) is 14.6 Å².